The Labute approximate surface area is 76.3 Å². The van der Waals surface area contributed by atoms with E-state index in [0.717, 1.165) is 0 Å². The summed E-state index contributed by atoms with van der Waals surface area (Å²) in [6.45, 7) is 1.80. The number of ketones is 1. The largest absolute Gasteiger partial charge is 0.388 e. The van der Waals surface area contributed by atoms with E-state index in [1.807, 2.05) is 6.92 Å². The summed E-state index contributed by atoms with van der Waals surface area (Å²) in [6, 6.07) is 5.08. The maximum atomic E-state index is 11.2. The van der Waals surface area contributed by atoms with E-state index < -0.39 is 6.61 Å². The van der Waals surface area contributed by atoms with Crippen LogP contribution in [-0.2, 0) is 0 Å². The van der Waals surface area contributed by atoms with E-state index in [1.165, 1.54) is 4.73 Å². The van der Waals surface area contributed by atoms with Gasteiger partial charge in [0.15, 0.2) is 6.61 Å². The Morgan fingerprint density at radius 2 is 2.38 bits per heavy atom. The molecule has 0 fully saturated rings. The van der Waals surface area contributed by atoms with Crippen molar-refractivity contribution in [3.05, 3.63) is 30.1 Å². The van der Waals surface area contributed by atoms with E-state index in [1.54, 1.807) is 24.4 Å². The molecule has 70 valence electrons. The van der Waals surface area contributed by atoms with Crippen LogP contribution >= 0.6 is 0 Å². The number of aliphatic hydroxyl groups is 1. The second-order valence-corrected chi connectivity index (χ2v) is 2.41. The minimum Gasteiger partial charge on any atom is -0.388 e. The number of hydrogen-bond acceptors (Lipinski definition) is 3. The van der Waals surface area contributed by atoms with Crippen molar-refractivity contribution in [2.24, 2.45) is 0 Å². The van der Waals surface area contributed by atoms with Gasteiger partial charge in [-0.05, 0) is 13.0 Å². The zero-order valence-electron chi connectivity index (χ0n) is 7.43. The number of nitrogens with zero attached hydrogens (tertiary/aromatic N) is 1. The summed E-state index contributed by atoms with van der Waals surface area (Å²) >= 11 is 0. The summed E-state index contributed by atoms with van der Waals surface area (Å²) in [4.78, 5) is 16.3. The Bertz CT molecular complexity index is 299. The first-order valence-electron chi connectivity index (χ1n) is 4.07. The van der Waals surface area contributed by atoms with Crippen LogP contribution in [0.5, 0.6) is 0 Å². The van der Waals surface area contributed by atoms with E-state index in [-0.39, 0.29) is 5.78 Å². The number of carbonyl (C=O) groups excluding carboxylic acids is 1. The van der Waals surface area contributed by atoms with Crippen molar-refractivity contribution in [3.8, 4) is 0 Å². The van der Waals surface area contributed by atoms with Crippen molar-refractivity contribution in [2.75, 3.05) is 13.2 Å². The Morgan fingerprint density at radius 3 is 3.00 bits per heavy atom. The lowest BCUT2D eigenvalue weighted by atomic mass is 10.2. The van der Waals surface area contributed by atoms with Crippen molar-refractivity contribution in [1.29, 1.82) is 0 Å². The minimum atomic E-state index is -0.503. The summed E-state index contributed by atoms with van der Waals surface area (Å²) in [5.41, 5.74) is 0.354. The number of aliphatic hydroxyl groups excluding tert-OH is 1. The molecular weight excluding hydrogens is 170 g/mol. The molecule has 4 nitrogen and oxygen atoms in total. The van der Waals surface area contributed by atoms with Crippen molar-refractivity contribution in [3.63, 3.8) is 0 Å². The van der Waals surface area contributed by atoms with Gasteiger partial charge in [0.05, 0.1) is 0 Å². The Kier molecular flexibility index (Phi) is 3.40. The third-order valence-electron chi connectivity index (χ3n) is 1.52. The molecule has 0 spiro atoms. The molecule has 1 rings (SSSR count). The van der Waals surface area contributed by atoms with Crippen LogP contribution in [0.4, 0.5) is 0 Å². The van der Waals surface area contributed by atoms with Gasteiger partial charge >= 0.3 is 5.69 Å². The Hall–Kier alpha value is -1.42. The lowest BCUT2D eigenvalue weighted by Gasteiger charge is -1.98. The highest BCUT2D eigenvalue weighted by Crippen LogP contribution is 1.91. The van der Waals surface area contributed by atoms with Crippen LogP contribution in [0, 0.1) is 0 Å². The van der Waals surface area contributed by atoms with E-state index in [0.29, 0.717) is 12.3 Å². The van der Waals surface area contributed by atoms with Gasteiger partial charge in [0, 0.05) is 16.9 Å². The maximum absolute atomic E-state index is 11.2. The first kappa shape index (κ1) is 9.67. The highest BCUT2D eigenvalue weighted by atomic mass is 16.7. The lowest BCUT2D eigenvalue weighted by Crippen LogP contribution is -2.47. The number of pyridine rings is 1. The van der Waals surface area contributed by atoms with Crippen LogP contribution in [0.25, 0.3) is 0 Å². The molecule has 0 aromatic carbocycles. The molecule has 0 atom stereocenters. The molecule has 13 heavy (non-hydrogen) atoms. The van der Waals surface area contributed by atoms with E-state index in [2.05, 4.69) is 0 Å². The highest BCUT2D eigenvalue weighted by molar-refractivity contribution is 5.93. The maximum Gasteiger partial charge on any atom is 0.302 e. The van der Waals surface area contributed by atoms with Gasteiger partial charge in [0.25, 0.3) is 5.78 Å². The zero-order valence-corrected chi connectivity index (χ0v) is 7.43. The Morgan fingerprint density at radius 1 is 1.62 bits per heavy atom. The number of rotatable bonds is 4. The molecule has 0 aliphatic rings. The fourth-order valence-corrected chi connectivity index (χ4v) is 0.977. The first-order valence-corrected chi connectivity index (χ1v) is 4.07. The third-order valence-corrected chi connectivity index (χ3v) is 1.52. The van der Waals surface area contributed by atoms with E-state index in [9.17, 15) is 4.79 Å². The summed E-state index contributed by atoms with van der Waals surface area (Å²) in [5.74, 6) is -0.353. The van der Waals surface area contributed by atoms with Crippen molar-refractivity contribution in [1.82, 2.24) is 0 Å². The van der Waals surface area contributed by atoms with Crippen LogP contribution in [0.3, 0.4) is 0 Å². The SMILES string of the molecule is CCO[n+]1ccccc1C(=O)CO. The fraction of sp³-hybridized carbons (Fsp3) is 0.333. The molecule has 0 unspecified atom stereocenters. The molecule has 1 heterocycles. The van der Waals surface area contributed by atoms with Crippen LogP contribution in [0.15, 0.2) is 24.4 Å². The van der Waals surface area contributed by atoms with Crippen LogP contribution in [0.1, 0.15) is 17.4 Å². The van der Waals surface area contributed by atoms with Crippen LogP contribution in [0.2, 0.25) is 0 Å². The molecule has 0 amide bonds. The number of Topliss-reactive ketones (excluding diaryl/α,β-unsaturated/α-hetero) is 1. The fourth-order valence-electron chi connectivity index (χ4n) is 0.977. The van der Waals surface area contributed by atoms with Gasteiger partial charge in [0.1, 0.15) is 6.61 Å². The molecule has 0 saturated carbocycles. The number of carbonyl (C=O) groups is 1. The van der Waals surface area contributed by atoms with Gasteiger partial charge in [-0.1, -0.05) is 0 Å². The lowest BCUT2D eigenvalue weighted by molar-refractivity contribution is -0.892. The predicted molar refractivity (Wildman–Crippen MR) is 45.2 cm³/mol. The van der Waals surface area contributed by atoms with E-state index >= 15 is 0 Å². The van der Waals surface area contributed by atoms with Gasteiger partial charge in [-0.15, -0.1) is 0 Å². The normalized spacial score (nSPS) is 9.69. The number of hydrogen-bond donors (Lipinski definition) is 1. The summed E-state index contributed by atoms with van der Waals surface area (Å²) in [6.07, 6.45) is 1.63. The van der Waals surface area contributed by atoms with Gasteiger partial charge in [-0.2, -0.15) is 0 Å². The molecule has 1 aromatic heterocycles. The average molecular weight is 182 g/mol. The molecule has 0 aliphatic heterocycles. The summed E-state index contributed by atoms with van der Waals surface area (Å²) in [5, 5.41) is 8.66. The van der Waals surface area contributed by atoms with Gasteiger partial charge in [0.2, 0.25) is 6.20 Å². The van der Waals surface area contributed by atoms with Crippen molar-refractivity contribution < 1.29 is 19.5 Å². The minimum absolute atomic E-state index is 0.353. The predicted octanol–water partition coefficient (Wildman–Crippen LogP) is -0.402. The second-order valence-electron chi connectivity index (χ2n) is 2.41. The average Bonchev–Trinajstić information content (AvgIpc) is 2.18. The van der Waals surface area contributed by atoms with Gasteiger partial charge in [-0.3, -0.25) is 9.63 Å². The summed E-state index contributed by atoms with van der Waals surface area (Å²) < 4.78 is 1.36. The zero-order chi connectivity index (χ0) is 9.68. The van der Waals surface area contributed by atoms with Crippen LogP contribution in [-0.4, -0.2) is 24.1 Å². The monoisotopic (exact) mass is 182 g/mol. The summed E-state index contributed by atoms with van der Waals surface area (Å²) in [7, 11) is 0. The molecule has 0 saturated heterocycles. The quantitative estimate of drug-likeness (QED) is 0.509. The van der Waals surface area contributed by atoms with Crippen molar-refractivity contribution in [2.45, 2.75) is 6.92 Å². The molecular formula is C9H12NO3+. The molecule has 1 aromatic rings. The smallest absolute Gasteiger partial charge is 0.302 e. The molecule has 0 aliphatic carbocycles. The third kappa shape index (κ3) is 2.26. The Balaban J connectivity index is 2.97. The van der Waals surface area contributed by atoms with Gasteiger partial charge in [-0.25, -0.2) is 0 Å². The standard InChI is InChI=1S/C9H12NO3/c1-2-13-10-6-4-3-5-8(10)9(12)7-11/h3-6,11H,2,7H2,1H3/q+1. The van der Waals surface area contributed by atoms with Gasteiger partial charge < -0.3 is 5.11 Å². The molecule has 0 radical (unpaired) electrons. The topological polar surface area (TPSA) is 50.4 Å². The highest BCUT2D eigenvalue weighted by Gasteiger charge is 2.18. The molecule has 4 heteroatoms. The molecule has 1 N–H and O–H groups in total. The van der Waals surface area contributed by atoms with E-state index in [4.69, 9.17) is 9.94 Å². The number of aromatic nitrogens is 1. The molecule has 0 bridgehead atoms. The first-order chi connectivity index (χ1) is 6.29. The van der Waals surface area contributed by atoms with Crippen molar-refractivity contribution >= 4 is 5.78 Å². The van der Waals surface area contributed by atoms with Crippen LogP contribution < -0.4 is 9.57 Å². The second kappa shape index (κ2) is 4.57.